The Morgan fingerprint density at radius 1 is 1.53 bits per heavy atom. The molecular weight excluding hydrogens is 240 g/mol. The van der Waals surface area contributed by atoms with Crippen LogP contribution in [-0.2, 0) is 0 Å². The summed E-state index contributed by atoms with van der Waals surface area (Å²) in [7, 11) is 1.77. The minimum absolute atomic E-state index is 0.136. The van der Waals surface area contributed by atoms with E-state index in [4.69, 9.17) is 5.11 Å². The van der Waals surface area contributed by atoms with Gasteiger partial charge in [0.25, 0.3) is 5.91 Å². The Bertz CT molecular complexity index is 486. The Labute approximate surface area is 114 Å². The van der Waals surface area contributed by atoms with Crippen LogP contribution in [0.25, 0.3) is 0 Å². The van der Waals surface area contributed by atoms with Gasteiger partial charge in [0.1, 0.15) is 12.3 Å². The lowest BCUT2D eigenvalue weighted by Crippen LogP contribution is -2.29. The number of nitrogens with zero attached hydrogens (tertiary/aromatic N) is 2. The van der Waals surface area contributed by atoms with Gasteiger partial charge in [-0.25, -0.2) is 4.98 Å². The van der Waals surface area contributed by atoms with Gasteiger partial charge in [-0.05, 0) is 24.5 Å². The molecule has 0 aliphatic heterocycles. The molecule has 4 heteroatoms. The van der Waals surface area contributed by atoms with Crippen LogP contribution in [0, 0.1) is 17.8 Å². The molecule has 0 bridgehead atoms. The maximum Gasteiger partial charge on any atom is 0.273 e. The van der Waals surface area contributed by atoms with Gasteiger partial charge in [0.05, 0.1) is 5.56 Å². The molecule has 0 saturated heterocycles. The van der Waals surface area contributed by atoms with Crippen LogP contribution in [0.3, 0.4) is 0 Å². The Balaban J connectivity index is 2.87. The predicted molar refractivity (Wildman–Crippen MR) is 74.6 cm³/mol. The van der Waals surface area contributed by atoms with Crippen molar-refractivity contribution >= 4 is 5.91 Å². The minimum Gasteiger partial charge on any atom is -0.384 e. The number of carbonyl (C=O) groups is 1. The molecule has 0 unspecified atom stereocenters. The summed E-state index contributed by atoms with van der Waals surface area (Å²) in [5, 5.41) is 8.72. The summed E-state index contributed by atoms with van der Waals surface area (Å²) >= 11 is 0. The average Bonchev–Trinajstić information content (AvgIpc) is 2.42. The van der Waals surface area contributed by atoms with Gasteiger partial charge in [0, 0.05) is 19.8 Å². The number of hydrogen-bond donors (Lipinski definition) is 1. The third kappa shape index (κ3) is 4.72. The van der Waals surface area contributed by atoms with Crippen LogP contribution in [0.5, 0.6) is 0 Å². The van der Waals surface area contributed by atoms with Gasteiger partial charge >= 0.3 is 0 Å². The first kappa shape index (κ1) is 15.2. The summed E-state index contributed by atoms with van der Waals surface area (Å²) in [6, 6.07) is 3.46. The standard InChI is InChI=1S/C15H20N2O2/c1-12(2)8-10-17(3)15(19)14-13(7-5-11-18)6-4-9-16-14/h4,6,9,12,18H,8,10-11H2,1-3H3. The molecule has 0 aromatic carbocycles. The first-order chi connectivity index (χ1) is 9.06. The van der Waals surface area contributed by atoms with E-state index in [1.165, 1.54) is 0 Å². The zero-order valence-electron chi connectivity index (χ0n) is 11.7. The van der Waals surface area contributed by atoms with Crippen molar-refractivity contribution in [3.05, 3.63) is 29.6 Å². The summed E-state index contributed by atoms with van der Waals surface area (Å²) in [4.78, 5) is 18.0. The van der Waals surface area contributed by atoms with Crippen LogP contribution in [-0.4, -0.2) is 41.1 Å². The summed E-state index contributed by atoms with van der Waals surface area (Å²) < 4.78 is 0. The van der Waals surface area contributed by atoms with Crippen LogP contribution in [0.2, 0.25) is 0 Å². The molecule has 4 nitrogen and oxygen atoms in total. The quantitative estimate of drug-likeness (QED) is 0.836. The molecule has 1 rings (SSSR count). The van der Waals surface area contributed by atoms with Crippen molar-refractivity contribution in [1.29, 1.82) is 0 Å². The normalized spacial score (nSPS) is 9.95. The van der Waals surface area contributed by atoms with E-state index >= 15 is 0 Å². The van der Waals surface area contributed by atoms with E-state index in [9.17, 15) is 4.79 Å². The number of aliphatic hydroxyl groups excluding tert-OH is 1. The van der Waals surface area contributed by atoms with Gasteiger partial charge in [-0.15, -0.1) is 0 Å². The second kappa shape index (κ2) is 7.55. The fraction of sp³-hybridized carbons (Fsp3) is 0.467. The topological polar surface area (TPSA) is 53.4 Å². The number of carbonyl (C=O) groups excluding carboxylic acids is 1. The molecule has 19 heavy (non-hydrogen) atoms. The first-order valence-corrected chi connectivity index (χ1v) is 6.36. The minimum atomic E-state index is -0.230. The third-order valence-corrected chi connectivity index (χ3v) is 2.70. The molecule has 0 atom stereocenters. The number of rotatable bonds is 4. The lowest BCUT2D eigenvalue weighted by Gasteiger charge is -2.18. The average molecular weight is 260 g/mol. The molecule has 1 aromatic heterocycles. The van der Waals surface area contributed by atoms with E-state index in [2.05, 4.69) is 30.7 Å². The summed E-state index contributed by atoms with van der Waals surface area (Å²) in [5.41, 5.74) is 0.896. The van der Waals surface area contributed by atoms with Crippen molar-refractivity contribution in [1.82, 2.24) is 9.88 Å². The van der Waals surface area contributed by atoms with Crippen molar-refractivity contribution in [3.8, 4) is 11.8 Å². The molecule has 1 amide bonds. The molecule has 1 aromatic rings. The van der Waals surface area contributed by atoms with Crippen molar-refractivity contribution in [2.45, 2.75) is 20.3 Å². The Morgan fingerprint density at radius 2 is 2.26 bits per heavy atom. The maximum atomic E-state index is 12.3. The van der Waals surface area contributed by atoms with Gasteiger partial charge in [-0.3, -0.25) is 4.79 Å². The van der Waals surface area contributed by atoms with Gasteiger partial charge in [0.2, 0.25) is 0 Å². The number of amides is 1. The van der Waals surface area contributed by atoms with Crippen LogP contribution >= 0.6 is 0 Å². The zero-order chi connectivity index (χ0) is 14.3. The maximum absolute atomic E-state index is 12.3. The first-order valence-electron chi connectivity index (χ1n) is 6.36. The Hall–Kier alpha value is -1.86. The molecule has 1 heterocycles. The molecule has 102 valence electrons. The highest BCUT2D eigenvalue weighted by molar-refractivity contribution is 5.94. The molecule has 1 N–H and O–H groups in total. The van der Waals surface area contributed by atoms with E-state index in [1.807, 2.05) is 0 Å². The van der Waals surface area contributed by atoms with E-state index in [-0.39, 0.29) is 12.5 Å². The van der Waals surface area contributed by atoms with E-state index in [0.717, 1.165) is 6.42 Å². The summed E-state index contributed by atoms with van der Waals surface area (Å²) in [5.74, 6) is 5.71. The number of aromatic nitrogens is 1. The van der Waals surface area contributed by atoms with Crippen molar-refractivity contribution in [2.75, 3.05) is 20.2 Å². The molecule has 0 radical (unpaired) electrons. The third-order valence-electron chi connectivity index (χ3n) is 2.70. The molecule has 0 aliphatic carbocycles. The van der Waals surface area contributed by atoms with Gasteiger partial charge in [-0.1, -0.05) is 25.7 Å². The molecule has 0 saturated carbocycles. The number of pyridine rings is 1. The van der Waals surface area contributed by atoms with Gasteiger partial charge < -0.3 is 10.0 Å². The monoisotopic (exact) mass is 260 g/mol. The van der Waals surface area contributed by atoms with Crippen LogP contribution in [0.15, 0.2) is 18.3 Å². The van der Waals surface area contributed by atoms with Crippen LogP contribution in [0.4, 0.5) is 0 Å². The fourth-order valence-corrected chi connectivity index (χ4v) is 1.55. The summed E-state index contributed by atoms with van der Waals surface area (Å²) in [6.45, 7) is 4.71. The van der Waals surface area contributed by atoms with E-state index < -0.39 is 0 Å². The second-order valence-electron chi connectivity index (χ2n) is 4.77. The fourth-order valence-electron chi connectivity index (χ4n) is 1.55. The van der Waals surface area contributed by atoms with Crippen LogP contribution in [0.1, 0.15) is 36.3 Å². The highest BCUT2D eigenvalue weighted by Crippen LogP contribution is 2.08. The highest BCUT2D eigenvalue weighted by atomic mass is 16.2. The lowest BCUT2D eigenvalue weighted by molar-refractivity contribution is 0.0783. The smallest absolute Gasteiger partial charge is 0.273 e. The van der Waals surface area contributed by atoms with Crippen LogP contribution < -0.4 is 0 Å². The van der Waals surface area contributed by atoms with Crippen molar-refractivity contribution in [3.63, 3.8) is 0 Å². The van der Waals surface area contributed by atoms with Crippen molar-refractivity contribution in [2.24, 2.45) is 5.92 Å². The van der Waals surface area contributed by atoms with Gasteiger partial charge in [-0.2, -0.15) is 0 Å². The van der Waals surface area contributed by atoms with Gasteiger partial charge in [0.15, 0.2) is 0 Å². The molecule has 0 spiro atoms. The van der Waals surface area contributed by atoms with Crippen molar-refractivity contribution < 1.29 is 9.90 Å². The number of hydrogen-bond acceptors (Lipinski definition) is 3. The molecule has 0 fully saturated rings. The second-order valence-corrected chi connectivity index (χ2v) is 4.77. The summed E-state index contributed by atoms with van der Waals surface area (Å²) in [6.07, 6.45) is 2.53. The predicted octanol–water partition coefficient (Wildman–Crippen LogP) is 1.54. The Morgan fingerprint density at radius 3 is 2.89 bits per heavy atom. The highest BCUT2D eigenvalue weighted by Gasteiger charge is 2.16. The molecule has 0 aliphatic rings. The zero-order valence-corrected chi connectivity index (χ0v) is 11.7. The SMILES string of the molecule is CC(C)CCN(C)C(=O)c1ncccc1C#CCO. The Kier molecular flexibility index (Phi) is 6.04. The number of aliphatic hydroxyl groups is 1. The van der Waals surface area contributed by atoms with E-state index in [1.54, 1.807) is 30.3 Å². The molecular formula is C15H20N2O2. The lowest BCUT2D eigenvalue weighted by atomic mass is 10.1. The van der Waals surface area contributed by atoms with E-state index in [0.29, 0.717) is 23.7 Å². The largest absolute Gasteiger partial charge is 0.384 e.